The highest BCUT2D eigenvalue weighted by molar-refractivity contribution is 7.89. The van der Waals surface area contributed by atoms with Gasteiger partial charge in [0.05, 0.1) is 13.2 Å². The van der Waals surface area contributed by atoms with Crippen molar-refractivity contribution in [1.29, 1.82) is 0 Å². The van der Waals surface area contributed by atoms with Gasteiger partial charge in [0.1, 0.15) is 0 Å². The predicted octanol–water partition coefficient (Wildman–Crippen LogP) is 1.20. The molecule has 0 unspecified atom stereocenters. The first kappa shape index (κ1) is 15.9. The van der Waals surface area contributed by atoms with Crippen LogP contribution in [0.25, 0.3) is 11.4 Å². The number of aromatic nitrogens is 3. The molecule has 21 heavy (non-hydrogen) atoms. The van der Waals surface area contributed by atoms with Crippen LogP contribution in [0.2, 0.25) is 5.02 Å². The second-order valence-corrected chi connectivity index (χ2v) is 6.35. The third-order valence-corrected chi connectivity index (χ3v) is 3.97. The van der Waals surface area contributed by atoms with Gasteiger partial charge in [0.2, 0.25) is 0 Å². The molecule has 0 atom stereocenters. The molecule has 0 fully saturated rings. The van der Waals surface area contributed by atoms with Crippen LogP contribution in [0, 0.1) is 6.92 Å². The van der Waals surface area contributed by atoms with E-state index in [1.54, 1.807) is 18.2 Å². The topological polar surface area (TPSA) is 100 Å². The summed E-state index contributed by atoms with van der Waals surface area (Å²) >= 11 is 5.93. The van der Waals surface area contributed by atoms with Gasteiger partial charge in [-0.1, -0.05) is 11.6 Å². The van der Waals surface area contributed by atoms with E-state index in [2.05, 4.69) is 10.2 Å². The van der Waals surface area contributed by atoms with Crippen molar-refractivity contribution in [1.82, 2.24) is 14.8 Å². The van der Waals surface area contributed by atoms with Crippen molar-refractivity contribution in [2.45, 2.75) is 18.6 Å². The van der Waals surface area contributed by atoms with Crippen LogP contribution in [0.15, 0.2) is 23.4 Å². The van der Waals surface area contributed by atoms with Crippen molar-refractivity contribution >= 4 is 21.6 Å². The van der Waals surface area contributed by atoms with Gasteiger partial charge in [-0.15, -0.1) is 10.2 Å². The normalized spacial score (nSPS) is 11.8. The van der Waals surface area contributed by atoms with Gasteiger partial charge in [-0.2, -0.15) is 0 Å². The number of hydrogen-bond acceptors (Lipinski definition) is 5. The Balaban J connectivity index is 2.60. The van der Waals surface area contributed by atoms with Crippen molar-refractivity contribution < 1.29 is 13.2 Å². The number of aryl methyl sites for hydroxylation is 1. The third kappa shape index (κ3) is 3.41. The zero-order valence-electron chi connectivity index (χ0n) is 11.6. The van der Waals surface area contributed by atoms with E-state index in [1.165, 1.54) is 11.7 Å². The van der Waals surface area contributed by atoms with Gasteiger partial charge >= 0.3 is 0 Å². The molecule has 0 aliphatic heterocycles. The number of sulfonamides is 1. The molecule has 0 amide bonds. The Hall–Kier alpha value is -1.48. The molecular formula is C12H15ClN4O3S. The summed E-state index contributed by atoms with van der Waals surface area (Å²) in [5, 5.41) is 13.1. The van der Waals surface area contributed by atoms with Crippen molar-refractivity contribution in [3.63, 3.8) is 0 Å². The van der Waals surface area contributed by atoms with E-state index in [4.69, 9.17) is 21.5 Å². The number of rotatable bonds is 5. The summed E-state index contributed by atoms with van der Waals surface area (Å²) in [5.74, 6) is 0.408. The molecule has 1 aromatic heterocycles. The molecule has 7 nitrogen and oxygen atoms in total. The van der Waals surface area contributed by atoms with Crippen molar-refractivity contribution in [3.8, 4) is 11.4 Å². The number of hydrogen-bond donors (Lipinski definition) is 1. The first-order chi connectivity index (χ1) is 9.84. The summed E-state index contributed by atoms with van der Waals surface area (Å²) in [6, 6.07) is 5.23. The molecule has 2 aromatic rings. The quantitative estimate of drug-likeness (QED) is 0.887. The first-order valence-electron chi connectivity index (χ1n) is 6.06. The van der Waals surface area contributed by atoms with Crippen LogP contribution in [0.4, 0.5) is 0 Å². The minimum Gasteiger partial charge on any atom is -0.383 e. The fraction of sp³-hybridized carbons (Fsp3) is 0.333. The number of ether oxygens (including phenoxy) is 1. The maximum Gasteiger partial charge on any atom is 0.273 e. The van der Waals surface area contributed by atoms with Crippen LogP contribution >= 0.6 is 11.6 Å². The van der Waals surface area contributed by atoms with E-state index >= 15 is 0 Å². The van der Waals surface area contributed by atoms with Crippen molar-refractivity contribution in [2.24, 2.45) is 5.14 Å². The standard InChI is InChI=1S/C12H15ClN4O3S/c1-8-7-9(13)3-4-10(8)11-15-16-12(21(14,18)19)17(11)5-6-20-2/h3-4,7H,5-6H2,1-2H3,(H2,14,18,19). The monoisotopic (exact) mass is 330 g/mol. The molecule has 0 saturated heterocycles. The van der Waals surface area contributed by atoms with Gasteiger partial charge < -0.3 is 4.74 Å². The summed E-state index contributed by atoms with van der Waals surface area (Å²) < 4.78 is 29.6. The summed E-state index contributed by atoms with van der Waals surface area (Å²) in [5.41, 5.74) is 1.59. The Morgan fingerprint density at radius 2 is 2.10 bits per heavy atom. The molecule has 0 spiro atoms. The van der Waals surface area contributed by atoms with Crippen LogP contribution in [0.3, 0.4) is 0 Å². The zero-order chi connectivity index (χ0) is 15.6. The largest absolute Gasteiger partial charge is 0.383 e. The van der Waals surface area contributed by atoms with Gasteiger partial charge in [0.15, 0.2) is 5.82 Å². The lowest BCUT2D eigenvalue weighted by atomic mass is 10.1. The highest BCUT2D eigenvalue weighted by Crippen LogP contribution is 2.26. The summed E-state index contributed by atoms with van der Waals surface area (Å²) in [7, 11) is -2.44. The molecule has 0 radical (unpaired) electrons. The van der Waals surface area contributed by atoms with E-state index in [0.29, 0.717) is 17.5 Å². The van der Waals surface area contributed by atoms with Gasteiger partial charge in [0, 0.05) is 17.7 Å². The maximum absolute atomic E-state index is 11.6. The van der Waals surface area contributed by atoms with E-state index in [-0.39, 0.29) is 11.7 Å². The SMILES string of the molecule is COCCn1c(-c2ccc(Cl)cc2C)nnc1S(N)(=O)=O. The molecule has 2 N–H and O–H groups in total. The van der Waals surface area contributed by atoms with Crippen LogP contribution < -0.4 is 5.14 Å². The van der Waals surface area contributed by atoms with Gasteiger partial charge in [-0.25, -0.2) is 13.6 Å². The van der Waals surface area contributed by atoms with Crippen LogP contribution in [0.5, 0.6) is 0 Å². The van der Waals surface area contributed by atoms with Gasteiger partial charge in [0.25, 0.3) is 15.2 Å². The highest BCUT2D eigenvalue weighted by atomic mass is 35.5. The van der Waals surface area contributed by atoms with Gasteiger partial charge in [-0.05, 0) is 30.7 Å². The minimum absolute atomic E-state index is 0.270. The molecule has 1 aromatic carbocycles. The average molecular weight is 331 g/mol. The van der Waals surface area contributed by atoms with Crippen LogP contribution in [0.1, 0.15) is 5.56 Å². The Bertz CT molecular complexity index is 758. The number of methoxy groups -OCH3 is 1. The lowest BCUT2D eigenvalue weighted by molar-refractivity contribution is 0.185. The number of nitrogens with two attached hydrogens (primary N) is 1. The maximum atomic E-state index is 11.6. The first-order valence-corrected chi connectivity index (χ1v) is 7.98. The Morgan fingerprint density at radius 1 is 1.38 bits per heavy atom. The fourth-order valence-corrected chi connectivity index (χ4v) is 2.83. The second kappa shape index (κ2) is 6.10. The lowest BCUT2D eigenvalue weighted by Crippen LogP contribution is -2.20. The number of primary sulfonamides is 1. The highest BCUT2D eigenvalue weighted by Gasteiger charge is 2.22. The van der Waals surface area contributed by atoms with E-state index in [0.717, 1.165) is 11.1 Å². The van der Waals surface area contributed by atoms with Crippen molar-refractivity contribution in [2.75, 3.05) is 13.7 Å². The van der Waals surface area contributed by atoms with E-state index in [1.807, 2.05) is 6.92 Å². The van der Waals surface area contributed by atoms with E-state index in [9.17, 15) is 8.42 Å². The third-order valence-electron chi connectivity index (χ3n) is 2.92. The molecule has 0 aliphatic rings. The number of halogens is 1. The van der Waals surface area contributed by atoms with Crippen molar-refractivity contribution in [3.05, 3.63) is 28.8 Å². The Kier molecular flexibility index (Phi) is 4.62. The number of benzene rings is 1. The molecule has 9 heteroatoms. The average Bonchev–Trinajstić information content (AvgIpc) is 2.79. The smallest absolute Gasteiger partial charge is 0.273 e. The van der Waals surface area contributed by atoms with Gasteiger partial charge in [-0.3, -0.25) is 4.57 Å². The summed E-state index contributed by atoms with van der Waals surface area (Å²) in [6.45, 7) is 2.43. The van der Waals surface area contributed by atoms with Crippen LogP contribution in [-0.2, 0) is 21.3 Å². The number of nitrogens with zero attached hydrogens (tertiary/aromatic N) is 3. The Morgan fingerprint density at radius 3 is 2.67 bits per heavy atom. The summed E-state index contributed by atoms with van der Waals surface area (Å²) in [6.07, 6.45) is 0. The predicted molar refractivity (Wildman–Crippen MR) is 78.5 cm³/mol. The summed E-state index contributed by atoms with van der Waals surface area (Å²) in [4.78, 5) is 0. The minimum atomic E-state index is -3.96. The van der Waals surface area contributed by atoms with E-state index < -0.39 is 10.0 Å². The lowest BCUT2D eigenvalue weighted by Gasteiger charge is -2.10. The molecule has 114 valence electrons. The molecule has 0 saturated carbocycles. The second-order valence-electron chi connectivity index (χ2n) is 4.45. The zero-order valence-corrected chi connectivity index (χ0v) is 13.1. The molecule has 1 heterocycles. The molecular weight excluding hydrogens is 316 g/mol. The fourth-order valence-electron chi connectivity index (χ4n) is 1.96. The molecule has 0 bridgehead atoms. The molecule has 2 rings (SSSR count). The molecule has 0 aliphatic carbocycles. The van der Waals surface area contributed by atoms with Crippen LogP contribution in [-0.4, -0.2) is 36.9 Å². The Labute approximate surface area is 127 Å².